The van der Waals surface area contributed by atoms with Gasteiger partial charge in [-0.2, -0.15) is 0 Å². The SMILES string of the molecule is CC=C(C=C(C)C(=O)O)C(CCC1CO1)C(=O)O. The average molecular weight is 254 g/mol. The van der Waals surface area contributed by atoms with E-state index in [1.54, 1.807) is 13.0 Å². The van der Waals surface area contributed by atoms with Crippen molar-refractivity contribution in [3.63, 3.8) is 0 Å². The van der Waals surface area contributed by atoms with Gasteiger partial charge in [0, 0.05) is 5.57 Å². The van der Waals surface area contributed by atoms with Gasteiger partial charge in [-0.25, -0.2) is 4.79 Å². The van der Waals surface area contributed by atoms with Crippen molar-refractivity contribution in [1.82, 2.24) is 0 Å². The predicted molar refractivity (Wildman–Crippen MR) is 65.2 cm³/mol. The molecule has 2 unspecified atom stereocenters. The van der Waals surface area contributed by atoms with Gasteiger partial charge in [0.25, 0.3) is 0 Å². The molecule has 1 aliphatic rings. The molecule has 0 spiro atoms. The molecule has 0 aliphatic carbocycles. The second-order valence-electron chi connectivity index (χ2n) is 4.34. The lowest BCUT2D eigenvalue weighted by atomic mass is 9.91. The summed E-state index contributed by atoms with van der Waals surface area (Å²) in [6.07, 6.45) is 4.40. The van der Waals surface area contributed by atoms with E-state index < -0.39 is 17.9 Å². The van der Waals surface area contributed by atoms with Gasteiger partial charge in [-0.15, -0.1) is 0 Å². The highest BCUT2D eigenvalue weighted by atomic mass is 16.6. The van der Waals surface area contributed by atoms with Gasteiger partial charge in [0.1, 0.15) is 0 Å². The molecule has 0 saturated carbocycles. The second kappa shape index (κ2) is 6.35. The molecule has 1 aliphatic heterocycles. The summed E-state index contributed by atoms with van der Waals surface area (Å²) in [5.74, 6) is -2.64. The summed E-state index contributed by atoms with van der Waals surface area (Å²) in [7, 11) is 0. The van der Waals surface area contributed by atoms with Gasteiger partial charge in [0.2, 0.25) is 0 Å². The normalized spacial score (nSPS) is 21.6. The Labute approximate surface area is 106 Å². The molecule has 0 radical (unpaired) electrons. The lowest BCUT2D eigenvalue weighted by molar-refractivity contribution is -0.140. The van der Waals surface area contributed by atoms with Crippen LogP contribution in [-0.2, 0) is 14.3 Å². The smallest absolute Gasteiger partial charge is 0.331 e. The van der Waals surface area contributed by atoms with E-state index in [-0.39, 0.29) is 11.7 Å². The average Bonchev–Trinajstić information content (AvgIpc) is 3.10. The number of hydrogen-bond acceptors (Lipinski definition) is 3. The van der Waals surface area contributed by atoms with Crippen molar-refractivity contribution in [2.24, 2.45) is 5.92 Å². The van der Waals surface area contributed by atoms with Crippen molar-refractivity contribution in [3.8, 4) is 0 Å². The molecule has 0 amide bonds. The molecule has 0 aromatic carbocycles. The molecule has 1 fully saturated rings. The van der Waals surface area contributed by atoms with E-state index in [1.165, 1.54) is 13.0 Å². The van der Waals surface area contributed by atoms with Gasteiger partial charge in [0.15, 0.2) is 0 Å². The fraction of sp³-hybridized carbons (Fsp3) is 0.538. The van der Waals surface area contributed by atoms with Crippen molar-refractivity contribution in [2.45, 2.75) is 32.8 Å². The van der Waals surface area contributed by atoms with E-state index in [0.29, 0.717) is 25.0 Å². The maximum absolute atomic E-state index is 11.2. The van der Waals surface area contributed by atoms with Crippen LogP contribution in [0.5, 0.6) is 0 Å². The minimum Gasteiger partial charge on any atom is -0.481 e. The Morgan fingerprint density at radius 3 is 2.44 bits per heavy atom. The summed E-state index contributed by atoms with van der Waals surface area (Å²) >= 11 is 0. The third-order valence-corrected chi connectivity index (χ3v) is 2.93. The Balaban J connectivity index is 2.76. The van der Waals surface area contributed by atoms with Crippen LogP contribution in [0, 0.1) is 5.92 Å². The minimum atomic E-state index is -1.04. The first-order chi connectivity index (χ1) is 8.45. The Hall–Kier alpha value is -1.62. The number of carboxylic acid groups (broad SMARTS) is 2. The maximum Gasteiger partial charge on any atom is 0.331 e. The lowest BCUT2D eigenvalue weighted by Gasteiger charge is -2.13. The number of rotatable bonds is 7. The van der Waals surface area contributed by atoms with Gasteiger partial charge in [-0.1, -0.05) is 6.08 Å². The highest BCUT2D eigenvalue weighted by Gasteiger charge is 2.27. The lowest BCUT2D eigenvalue weighted by Crippen LogP contribution is -2.17. The maximum atomic E-state index is 11.2. The zero-order chi connectivity index (χ0) is 13.7. The van der Waals surface area contributed by atoms with Crippen LogP contribution in [0.1, 0.15) is 26.7 Å². The summed E-state index contributed by atoms with van der Waals surface area (Å²) < 4.78 is 5.05. The molecule has 1 saturated heterocycles. The van der Waals surface area contributed by atoms with Crippen LogP contribution in [0.3, 0.4) is 0 Å². The molecule has 5 heteroatoms. The summed E-state index contributed by atoms with van der Waals surface area (Å²) in [4.78, 5) is 22.0. The topological polar surface area (TPSA) is 87.1 Å². The van der Waals surface area contributed by atoms with Gasteiger partial charge in [-0.05, 0) is 38.3 Å². The van der Waals surface area contributed by atoms with Crippen LogP contribution in [-0.4, -0.2) is 34.9 Å². The van der Waals surface area contributed by atoms with Crippen LogP contribution < -0.4 is 0 Å². The van der Waals surface area contributed by atoms with Gasteiger partial charge >= 0.3 is 11.9 Å². The molecule has 1 heterocycles. The third-order valence-electron chi connectivity index (χ3n) is 2.93. The molecule has 100 valence electrons. The van der Waals surface area contributed by atoms with Crippen molar-refractivity contribution in [2.75, 3.05) is 6.61 Å². The first-order valence-electron chi connectivity index (χ1n) is 5.88. The van der Waals surface area contributed by atoms with E-state index in [0.717, 1.165) is 0 Å². The van der Waals surface area contributed by atoms with Crippen molar-refractivity contribution < 1.29 is 24.5 Å². The number of epoxide rings is 1. The standard InChI is InChI=1S/C13H18O5/c1-3-9(6-8(2)12(14)15)11(13(16)17)5-4-10-7-18-10/h3,6,10-11H,4-5,7H2,1-2H3,(H,14,15)(H,16,17). The molecular formula is C13H18O5. The first kappa shape index (κ1) is 14.4. The molecule has 0 bridgehead atoms. The first-order valence-corrected chi connectivity index (χ1v) is 5.88. The third kappa shape index (κ3) is 4.33. The molecule has 0 aromatic heterocycles. The van der Waals surface area contributed by atoms with Crippen molar-refractivity contribution in [1.29, 1.82) is 0 Å². The predicted octanol–water partition coefficient (Wildman–Crippen LogP) is 1.84. The van der Waals surface area contributed by atoms with Crippen molar-refractivity contribution in [3.05, 3.63) is 23.3 Å². The summed E-state index contributed by atoms with van der Waals surface area (Å²) in [5, 5.41) is 18.0. The van der Waals surface area contributed by atoms with E-state index in [9.17, 15) is 14.7 Å². The van der Waals surface area contributed by atoms with Crippen LogP contribution in [0.2, 0.25) is 0 Å². The minimum absolute atomic E-state index is 0.136. The number of hydrogen-bond donors (Lipinski definition) is 2. The zero-order valence-electron chi connectivity index (χ0n) is 10.5. The fourth-order valence-corrected chi connectivity index (χ4v) is 1.72. The monoisotopic (exact) mass is 254 g/mol. The van der Waals surface area contributed by atoms with E-state index >= 15 is 0 Å². The number of carboxylic acids is 2. The van der Waals surface area contributed by atoms with Crippen molar-refractivity contribution >= 4 is 11.9 Å². The number of allylic oxidation sites excluding steroid dienone is 2. The molecular weight excluding hydrogens is 236 g/mol. The van der Waals surface area contributed by atoms with Crippen LogP contribution >= 0.6 is 0 Å². The Kier molecular flexibility index (Phi) is 5.09. The zero-order valence-corrected chi connectivity index (χ0v) is 10.5. The molecule has 1 rings (SSSR count). The Morgan fingerprint density at radius 1 is 1.44 bits per heavy atom. The molecule has 2 atom stereocenters. The van der Waals surface area contributed by atoms with Gasteiger partial charge in [0.05, 0.1) is 18.6 Å². The summed E-state index contributed by atoms with van der Waals surface area (Å²) in [6, 6.07) is 0. The Bertz CT molecular complexity index is 390. The number of ether oxygens (including phenoxy) is 1. The Morgan fingerprint density at radius 2 is 2.06 bits per heavy atom. The highest BCUT2D eigenvalue weighted by molar-refractivity contribution is 5.87. The highest BCUT2D eigenvalue weighted by Crippen LogP contribution is 2.25. The largest absolute Gasteiger partial charge is 0.481 e. The molecule has 0 aromatic rings. The van der Waals surface area contributed by atoms with E-state index in [2.05, 4.69) is 0 Å². The van der Waals surface area contributed by atoms with Gasteiger partial charge < -0.3 is 14.9 Å². The summed E-state index contributed by atoms with van der Waals surface area (Å²) in [6.45, 7) is 3.86. The van der Waals surface area contributed by atoms with Crippen LogP contribution in [0.25, 0.3) is 0 Å². The molecule has 18 heavy (non-hydrogen) atoms. The van der Waals surface area contributed by atoms with Crippen LogP contribution in [0.4, 0.5) is 0 Å². The second-order valence-corrected chi connectivity index (χ2v) is 4.34. The van der Waals surface area contributed by atoms with Crippen LogP contribution in [0.15, 0.2) is 23.3 Å². The molecule has 5 nitrogen and oxygen atoms in total. The van der Waals surface area contributed by atoms with E-state index in [4.69, 9.17) is 9.84 Å². The fourth-order valence-electron chi connectivity index (χ4n) is 1.72. The quantitative estimate of drug-likeness (QED) is 0.411. The summed E-state index contributed by atoms with van der Waals surface area (Å²) in [5.41, 5.74) is 0.667. The number of aliphatic carboxylic acids is 2. The van der Waals surface area contributed by atoms with E-state index in [1.807, 2.05) is 0 Å². The van der Waals surface area contributed by atoms with Gasteiger partial charge in [-0.3, -0.25) is 4.79 Å². The molecule has 2 N–H and O–H groups in total. The number of carbonyl (C=O) groups is 2.